The van der Waals surface area contributed by atoms with Crippen molar-refractivity contribution in [1.29, 1.82) is 0 Å². The van der Waals surface area contributed by atoms with Crippen molar-refractivity contribution in [3.05, 3.63) is 0 Å². The van der Waals surface area contributed by atoms with Crippen LogP contribution in [0.1, 0.15) is 20.3 Å². The van der Waals surface area contributed by atoms with Crippen LogP contribution in [0.4, 0.5) is 0 Å². The molecule has 1 atom stereocenters. The lowest BCUT2D eigenvalue weighted by molar-refractivity contribution is -0.147. The fourth-order valence-corrected chi connectivity index (χ4v) is 0.468. The first-order valence-corrected chi connectivity index (χ1v) is 3.59. The largest absolute Gasteiger partial charge is 0.464 e. The molecule has 0 saturated carbocycles. The van der Waals surface area contributed by atoms with Crippen molar-refractivity contribution in [2.45, 2.75) is 20.3 Å². The molecule has 0 aliphatic carbocycles. The molecular weight excluding hydrogens is 130 g/mol. The van der Waals surface area contributed by atoms with E-state index in [2.05, 4.69) is 0 Å². The molecule has 60 valence electrons. The van der Waals surface area contributed by atoms with Crippen molar-refractivity contribution < 1.29 is 9.53 Å². The van der Waals surface area contributed by atoms with Crippen LogP contribution in [0.25, 0.3) is 0 Å². The van der Waals surface area contributed by atoms with E-state index in [1.165, 1.54) is 0 Å². The Balaban J connectivity index is 3.42. The van der Waals surface area contributed by atoms with Crippen LogP contribution in [0.15, 0.2) is 0 Å². The number of carbonyl (C=O) groups excluding carboxylic acids is 1. The molecule has 0 aromatic rings. The number of carbonyl (C=O) groups is 1. The fraction of sp³-hybridized carbons (Fsp3) is 0.857. The molecular formula is C7H15NO2. The van der Waals surface area contributed by atoms with E-state index in [9.17, 15) is 4.79 Å². The van der Waals surface area contributed by atoms with Crippen LogP contribution in [0.2, 0.25) is 0 Å². The molecule has 0 spiro atoms. The van der Waals surface area contributed by atoms with E-state index in [0.717, 1.165) is 6.42 Å². The van der Waals surface area contributed by atoms with E-state index < -0.39 is 0 Å². The Labute approximate surface area is 61.5 Å². The summed E-state index contributed by atoms with van der Waals surface area (Å²) in [6.07, 6.45) is 0.823. The quantitative estimate of drug-likeness (QED) is 0.587. The van der Waals surface area contributed by atoms with Crippen molar-refractivity contribution in [2.24, 2.45) is 11.7 Å². The van der Waals surface area contributed by atoms with Crippen molar-refractivity contribution >= 4 is 5.97 Å². The van der Waals surface area contributed by atoms with Gasteiger partial charge in [-0.1, -0.05) is 13.8 Å². The van der Waals surface area contributed by atoms with Crippen LogP contribution in [0, 0.1) is 5.92 Å². The van der Waals surface area contributed by atoms with Crippen molar-refractivity contribution in [3.8, 4) is 0 Å². The van der Waals surface area contributed by atoms with Crippen LogP contribution < -0.4 is 5.73 Å². The van der Waals surface area contributed by atoms with E-state index in [-0.39, 0.29) is 11.9 Å². The molecule has 0 aromatic heterocycles. The standard InChI is InChI=1S/C7H15NO2/c1-3-6(2)7(9)10-5-4-8/h6H,3-5,8H2,1-2H3. The van der Waals surface area contributed by atoms with Gasteiger partial charge in [-0.25, -0.2) is 0 Å². The molecule has 0 aromatic carbocycles. The summed E-state index contributed by atoms with van der Waals surface area (Å²) in [6.45, 7) is 4.54. The minimum absolute atomic E-state index is 0.00606. The van der Waals surface area contributed by atoms with Crippen molar-refractivity contribution in [1.82, 2.24) is 0 Å². The Kier molecular flexibility index (Phi) is 4.94. The van der Waals surface area contributed by atoms with Crippen LogP contribution in [-0.2, 0) is 9.53 Å². The number of ether oxygens (including phenoxy) is 1. The second-order valence-corrected chi connectivity index (χ2v) is 2.27. The minimum atomic E-state index is -0.145. The van der Waals surface area contributed by atoms with Gasteiger partial charge in [0.15, 0.2) is 0 Å². The average molecular weight is 145 g/mol. The third-order valence-electron chi connectivity index (χ3n) is 1.38. The maximum absolute atomic E-state index is 10.9. The highest BCUT2D eigenvalue weighted by Crippen LogP contribution is 2.01. The maximum atomic E-state index is 10.9. The molecule has 0 bridgehead atoms. The molecule has 0 aliphatic rings. The first kappa shape index (κ1) is 9.43. The topological polar surface area (TPSA) is 52.3 Å². The number of hydrogen-bond acceptors (Lipinski definition) is 3. The SMILES string of the molecule is CCC(C)C(=O)OCCN. The average Bonchev–Trinajstić information content (AvgIpc) is 1.98. The Morgan fingerprint density at radius 2 is 2.30 bits per heavy atom. The summed E-state index contributed by atoms with van der Waals surface area (Å²) in [5, 5.41) is 0. The molecule has 0 saturated heterocycles. The lowest BCUT2D eigenvalue weighted by atomic mass is 10.1. The van der Waals surface area contributed by atoms with Crippen LogP contribution in [0.3, 0.4) is 0 Å². The second-order valence-electron chi connectivity index (χ2n) is 2.27. The Morgan fingerprint density at radius 1 is 1.70 bits per heavy atom. The van der Waals surface area contributed by atoms with Gasteiger partial charge in [-0.15, -0.1) is 0 Å². The van der Waals surface area contributed by atoms with Crippen molar-refractivity contribution in [3.63, 3.8) is 0 Å². The number of nitrogens with two attached hydrogens (primary N) is 1. The van der Waals surface area contributed by atoms with Gasteiger partial charge in [0, 0.05) is 6.54 Å². The third-order valence-corrected chi connectivity index (χ3v) is 1.38. The summed E-state index contributed by atoms with van der Waals surface area (Å²) in [5.74, 6) is -0.139. The minimum Gasteiger partial charge on any atom is -0.464 e. The summed E-state index contributed by atoms with van der Waals surface area (Å²) in [6, 6.07) is 0. The third kappa shape index (κ3) is 3.45. The molecule has 1 unspecified atom stereocenters. The number of rotatable bonds is 4. The number of hydrogen-bond donors (Lipinski definition) is 1. The van der Waals surface area contributed by atoms with Crippen LogP contribution in [-0.4, -0.2) is 19.1 Å². The highest BCUT2D eigenvalue weighted by atomic mass is 16.5. The van der Waals surface area contributed by atoms with Gasteiger partial charge in [0.25, 0.3) is 0 Å². The number of esters is 1. The Hall–Kier alpha value is -0.570. The highest BCUT2D eigenvalue weighted by Gasteiger charge is 2.10. The molecule has 0 aliphatic heterocycles. The van der Waals surface area contributed by atoms with E-state index in [0.29, 0.717) is 13.2 Å². The van der Waals surface area contributed by atoms with E-state index in [1.54, 1.807) is 0 Å². The monoisotopic (exact) mass is 145 g/mol. The molecule has 3 heteroatoms. The fourth-order valence-electron chi connectivity index (χ4n) is 0.468. The smallest absolute Gasteiger partial charge is 0.308 e. The van der Waals surface area contributed by atoms with Gasteiger partial charge in [0.2, 0.25) is 0 Å². The zero-order valence-corrected chi connectivity index (χ0v) is 6.59. The van der Waals surface area contributed by atoms with Gasteiger partial charge < -0.3 is 10.5 Å². The normalized spacial score (nSPS) is 12.7. The summed E-state index contributed by atoms with van der Waals surface area (Å²) in [7, 11) is 0. The van der Waals surface area contributed by atoms with Gasteiger partial charge in [-0.3, -0.25) is 4.79 Å². The first-order chi connectivity index (χ1) is 4.72. The van der Waals surface area contributed by atoms with Crippen molar-refractivity contribution in [2.75, 3.05) is 13.2 Å². The summed E-state index contributed by atoms with van der Waals surface area (Å²) >= 11 is 0. The van der Waals surface area contributed by atoms with Gasteiger partial charge in [-0.2, -0.15) is 0 Å². The summed E-state index contributed by atoms with van der Waals surface area (Å²) < 4.78 is 4.78. The molecule has 2 N–H and O–H groups in total. The van der Waals surface area contributed by atoms with E-state index >= 15 is 0 Å². The molecule has 0 radical (unpaired) electrons. The molecule has 0 amide bonds. The lowest BCUT2D eigenvalue weighted by Crippen LogP contribution is -2.18. The highest BCUT2D eigenvalue weighted by molar-refractivity contribution is 5.71. The van der Waals surface area contributed by atoms with E-state index in [1.807, 2.05) is 13.8 Å². The zero-order chi connectivity index (χ0) is 7.98. The van der Waals surface area contributed by atoms with Gasteiger partial charge in [-0.05, 0) is 6.42 Å². The predicted octanol–water partition coefficient (Wildman–Crippen LogP) is 0.534. The lowest BCUT2D eigenvalue weighted by Gasteiger charge is -2.06. The Bertz CT molecular complexity index is 104. The molecule has 10 heavy (non-hydrogen) atoms. The van der Waals surface area contributed by atoms with Crippen LogP contribution in [0.5, 0.6) is 0 Å². The summed E-state index contributed by atoms with van der Waals surface area (Å²) in [4.78, 5) is 10.9. The molecule has 0 rings (SSSR count). The van der Waals surface area contributed by atoms with Crippen LogP contribution >= 0.6 is 0 Å². The second kappa shape index (κ2) is 5.23. The summed E-state index contributed by atoms with van der Waals surface area (Å²) in [5.41, 5.74) is 5.14. The maximum Gasteiger partial charge on any atom is 0.308 e. The first-order valence-electron chi connectivity index (χ1n) is 3.59. The van der Waals surface area contributed by atoms with Gasteiger partial charge >= 0.3 is 5.97 Å². The van der Waals surface area contributed by atoms with Gasteiger partial charge in [0.1, 0.15) is 6.61 Å². The van der Waals surface area contributed by atoms with E-state index in [4.69, 9.17) is 10.5 Å². The molecule has 3 nitrogen and oxygen atoms in total. The van der Waals surface area contributed by atoms with Gasteiger partial charge in [0.05, 0.1) is 5.92 Å². The Morgan fingerprint density at radius 3 is 2.70 bits per heavy atom. The predicted molar refractivity (Wildman–Crippen MR) is 39.5 cm³/mol. The zero-order valence-electron chi connectivity index (χ0n) is 6.59. The molecule has 0 fully saturated rings. The molecule has 0 heterocycles.